The molecule has 0 radical (unpaired) electrons. The molecule has 0 spiro atoms. The minimum Gasteiger partial charge on any atom is -0.464 e. The van der Waals surface area contributed by atoms with Crippen molar-refractivity contribution in [2.24, 2.45) is 0 Å². The van der Waals surface area contributed by atoms with Crippen LogP contribution in [0.25, 0.3) is 11.0 Å². The number of nitrogens with zero attached hydrogens (tertiary/aromatic N) is 1. The van der Waals surface area contributed by atoms with Crippen LogP contribution in [0.3, 0.4) is 0 Å². The third-order valence-corrected chi connectivity index (χ3v) is 3.95. The molecule has 1 fully saturated rings. The number of hydrogen-bond acceptors (Lipinski definition) is 3. The van der Waals surface area contributed by atoms with Gasteiger partial charge in [0.2, 0.25) is 0 Å². The van der Waals surface area contributed by atoms with Gasteiger partial charge in [0.1, 0.15) is 5.58 Å². The van der Waals surface area contributed by atoms with Crippen LogP contribution < -0.4 is 5.32 Å². The fourth-order valence-electron chi connectivity index (χ4n) is 2.78. The first-order valence-corrected chi connectivity index (χ1v) is 6.71. The van der Waals surface area contributed by atoms with E-state index in [1.54, 1.807) is 0 Å². The van der Waals surface area contributed by atoms with Crippen molar-refractivity contribution >= 4 is 11.0 Å². The average molecular weight is 244 g/mol. The van der Waals surface area contributed by atoms with Gasteiger partial charge in [-0.05, 0) is 39.0 Å². The molecule has 1 saturated heterocycles. The summed E-state index contributed by atoms with van der Waals surface area (Å²) in [5, 5.41) is 4.63. The Bertz CT molecular complexity index is 512. The first kappa shape index (κ1) is 11.8. The predicted molar refractivity (Wildman–Crippen MR) is 73.6 cm³/mol. The van der Waals surface area contributed by atoms with Gasteiger partial charge in [0.15, 0.2) is 0 Å². The molecule has 2 aromatic rings. The van der Waals surface area contributed by atoms with E-state index >= 15 is 0 Å². The molecule has 0 bridgehead atoms. The van der Waals surface area contributed by atoms with Crippen LogP contribution in [0.2, 0.25) is 0 Å². The molecule has 2 heterocycles. The van der Waals surface area contributed by atoms with Crippen molar-refractivity contribution in [3.05, 3.63) is 36.1 Å². The van der Waals surface area contributed by atoms with Crippen molar-refractivity contribution in [3.63, 3.8) is 0 Å². The summed E-state index contributed by atoms with van der Waals surface area (Å²) >= 11 is 0. The maximum atomic E-state index is 5.59. The van der Waals surface area contributed by atoms with Gasteiger partial charge in [-0.25, -0.2) is 0 Å². The highest BCUT2D eigenvalue weighted by atomic mass is 16.3. The number of benzene rings is 1. The van der Waals surface area contributed by atoms with Gasteiger partial charge >= 0.3 is 0 Å². The smallest absolute Gasteiger partial charge is 0.134 e. The quantitative estimate of drug-likeness (QED) is 0.899. The fraction of sp³-hybridized carbons (Fsp3) is 0.467. The molecule has 3 nitrogen and oxygen atoms in total. The normalized spacial score (nSPS) is 18.5. The van der Waals surface area contributed by atoms with Crippen LogP contribution in [0.1, 0.15) is 18.4 Å². The summed E-state index contributed by atoms with van der Waals surface area (Å²) in [5.41, 5.74) is 2.31. The van der Waals surface area contributed by atoms with Gasteiger partial charge in [0.25, 0.3) is 0 Å². The Kier molecular flexibility index (Phi) is 3.35. The molecule has 3 heteroatoms. The SMILES string of the molecule is CNC1CCN(Cc2coc3ccccc23)CC1. The number of furan rings is 1. The summed E-state index contributed by atoms with van der Waals surface area (Å²) in [6, 6.07) is 8.98. The number of fused-ring (bicyclic) bond motifs is 1. The van der Waals surface area contributed by atoms with Crippen LogP contribution >= 0.6 is 0 Å². The Morgan fingerprint density at radius 3 is 2.83 bits per heavy atom. The van der Waals surface area contributed by atoms with Gasteiger partial charge in [-0.1, -0.05) is 18.2 Å². The summed E-state index contributed by atoms with van der Waals surface area (Å²) in [5.74, 6) is 0. The lowest BCUT2D eigenvalue weighted by atomic mass is 10.0. The van der Waals surface area contributed by atoms with Crippen molar-refractivity contribution in [3.8, 4) is 0 Å². The molecular weight excluding hydrogens is 224 g/mol. The summed E-state index contributed by atoms with van der Waals surface area (Å²) in [6.45, 7) is 3.35. The van der Waals surface area contributed by atoms with Crippen LogP contribution in [-0.2, 0) is 6.54 Å². The van der Waals surface area contributed by atoms with E-state index in [-0.39, 0.29) is 0 Å². The zero-order valence-electron chi connectivity index (χ0n) is 10.9. The summed E-state index contributed by atoms with van der Waals surface area (Å²) < 4.78 is 5.59. The van der Waals surface area contributed by atoms with Crippen molar-refractivity contribution < 1.29 is 4.42 Å². The Labute approximate surface area is 108 Å². The van der Waals surface area contributed by atoms with Crippen LogP contribution in [0.4, 0.5) is 0 Å². The van der Waals surface area contributed by atoms with Crippen LogP contribution in [-0.4, -0.2) is 31.1 Å². The zero-order chi connectivity index (χ0) is 12.4. The van der Waals surface area contributed by atoms with E-state index in [9.17, 15) is 0 Å². The van der Waals surface area contributed by atoms with E-state index in [1.165, 1.54) is 36.9 Å². The molecule has 96 valence electrons. The molecule has 3 rings (SSSR count). The summed E-state index contributed by atoms with van der Waals surface area (Å²) in [4.78, 5) is 2.52. The van der Waals surface area contributed by atoms with E-state index < -0.39 is 0 Å². The predicted octanol–water partition coefficient (Wildman–Crippen LogP) is 2.62. The van der Waals surface area contributed by atoms with Crippen LogP contribution in [0.5, 0.6) is 0 Å². The van der Waals surface area contributed by atoms with Gasteiger partial charge in [-0.2, -0.15) is 0 Å². The first-order valence-electron chi connectivity index (χ1n) is 6.71. The molecule has 0 amide bonds. The second kappa shape index (κ2) is 5.12. The maximum Gasteiger partial charge on any atom is 0.134 e. The Balaban J connectivity index is 1.70. The van der Waals surface area contributed by atoms with E-state index in [4.69, 9.17) is 4.42 Å². The minimum absolute atomic E-state index is 0.697. The number of likely N-dealkylation sites (tertiary alicyclic amines) is 1. The number of rotatable bonds is 3. The molecular formula is C15H20N2O. The van der Waals surface area contributed by atoms with E-state index in [0.29, 0.717) is 6.04 Å². The van der Waals surface area contributed by atoms with Gasteiger partial charge in [-0.3, -0.25) is 4.90 Å². The standard InChI is InChI=1S/C15H20N2O/c1-16-13-6-8-17(9-7-13)10-12-11-18-15-5-3-2-4-14(12)15/h2-5,11,13,16H,6-10H2,1H3. The summed E-state index contributed by atoms with van der Waals surface area (Å²) in [6.07, 6.45) is 4.40. The largest absolute Gasteiger partial charge is 0.464 e. The number of nitrogens with one attached hydrogen (secondary N) is 1. The van der Waals surface area contributed by atoms with Gasteiger partial charge in [-0.15, -0.1) is 0 Å². The Morgan fingerprint density at radius 2 is 2.06 bits per heavy atom. The molecule has 0 aliphatic carbocycles. The molecule has 1 aromatic heterocycles. The number of hydrogen-bond donors (Lipinski definition) is 1. The lowest BCUT2D eigenvalue weighted by Crippen LogP contribution is -2.40. The van der Waals surface area contributed by atoms with E-state index in [0.717, 1.165) is 12.1 Å². The topological polar surface area (TPSA) is 28.4 Å². The van der Waals surface area contributed by atoms with Crippen molar-refractivity contribution in [2.75, 3.05) is 20.1 Å². The zero-order valence-corrected chi connectivity index (χ0v) is 10.9. The third-order valence-electron chi connectivity index (χ3n) is 3.95. The number of para-hydroxylation sites is 1. The molecule has 1 aromatic carbocycles. The number of piperidine rings is 1. The van der Waals surface area contributed by atoms with E-state index in [2.05, 4.69) is 29.4 Å². The highest BCUT2D eigenvalue weighted by molar-refractivity contribution is 5.80. The molecule has 0 unspecified atom stereocenters. The highest BCUT2D eigenvalue weighted by Gasteiger charge is 2.18. The molecule has 1 aliphatic rings. The van der Waals surface area contributed by atoms with Crippen molar-refractivity contribution in [2.45, 2.75) is 25.4 Å². The Morgan fingerprint density at radius 1 is 1.28 bits per heavy atom. The average Bonchev–Trinajstić information content (AvgIpc) is 2.83. The first-order chi connectivity index (χ1) is 8.86. The monoisotopic (exact) mass is 244 g/mol. The molecule has 0 saturated carbocycles. The van der Waals surface area contributed by atoms with Gasteiger partial charge < -0.3 is 9.73 Å². The third kappa shape index (κ3) is 2.28. The summed E-state index contributed by atoms with van der Waals surface area (Å²) in [7, 11) is 2.06. The lowest BCUT2D eigenvalue weighted by Gasteiger charge is -2.31. The van der Waals surface area contributed by atoms with Gasteiger partial charge in [0.05, 0.1) is 6.26 Å². The van der Waals surface area contributed by atoms with Crippen molar-refractivity contribution in [1.29, 1.82) is 0 Å². The van der Waals surface area contributed by atoms with Crippen molar-refractivity contribution in [1.82, 2.24) is 10.2 Å². The molecule has 1 N–H and O–H groups in total. The Hall–Kier alpha value is -1.32. The highest BCUT2D eigenvalue weighted by Crippen LogP contribution is 2.23. The fourth-order valence-corrected chi connectivity index (χ4v) is 2.78. The minimum atomic E-state index is 0.697. The van der Waals surface area contributed by atoms with Crippen LogP contribution in [0, 0.1) is 0 Å². The van der Waals surface area contributed by atoms with Gasteiger partial charge in [0, 0.05) is 23.5 Å². The van der Waals surface area contributed by atoms with E-state index in [1.807, 2.05) is 18.4 Å². The second-order valence-electron chi connectivity index (χ2n) is 5.10. The molecule has 1 aliphatic heterocycles. The van der Waals surface area contributed by atoms with Crippen LogP contribution in [0.15, 0.2) is 34.9 Å². The second-order valence-corrected chi connectivity index (χ2v) is 5.10. The molecule has 18 heavy (non-hydrogen) atoms. The lowest BCUT2D eigenvalue weighted by molar-refractivity contribution is 0.194. The maximum absolute atomic E-state index is 5.59. The molecule has 0 atom stereocenters.